The van der Waals surface area contributed by atoms with Crippen LogP contribution in [-0.4, -0.2) is 43.6 Å². The molecule has 0 aliphatic carbocycles. The standard InChI is InChI=1S/C19H28N6O/c1-5-16-22-13(3)9-17(23-16)20-10-14-7-8-18(26)25(6-2)19(14)15-11-21-24(4)12-15/h9,11-12,14,19H,5-8,10H2,1-4H3,(H,20,22,23)/t14-,19+/m1/s1. The summed E-state index contributed by atoms with van der Waals surface area (Å²) in [6.07, 6.45) is 6.18. The number of nitrogens with zero attached hydrogens (tertiary/aromatic N) is 5. The average Bonchev–Trinajstić information content (AvgIpc) is 3.05. The van der Waals surface area contributed by atoms with Gasteiger partial charge in [-0.05, 0) is 20.3 Å². The number of carbonyl (C=O) groups excluding carboxylic acids is 1. The topological polar surface area (TPSA) is 75.9 Å². The highest BCUT2D eigenvalue weighted by Gasteiger charge is 2.36. The Morgan fingerprint density at radius 2 is 2.12 bits per heavy atom. The molecule has 1 N–H and O–H groups in total. The van der Waals surface area contributed by atoms with Crippen LogP contribution in [-0.2, 0) is 18.3 Å². The van der Waals surface area contributed by atoms with Gasteiger partial charge in [-0.25, -0.2) is 9.97 Å². The van der Waals surface area contributed by atoms with Crippen molar-refractivity contribution in [1.82, 2.24) is 24.6 Å². The molecule has 2 aromatic heterocycles. The first kappa shape index (κ1) is 18.4. The molecule has 1 saturated heterocycles. The van der Waals surface area contributed by atoms with Crippen LogP contribution < -0.4 is 5.32 Å². The number of hydrogen-bond acceptors (Lipinski definition) is 5. The molecule has 26 heavy (non-hydrogen) atoms. The van der Waals surface area contributed by atoms with E-state index in [4.69, 9.17) is 0 Å². The first-order chi connectivity index (χ1) is 12.5. The molecule has 0 bridgehead atoms. The second-order valence-corrected chi connectivity index (χ2v) is 6.92. The minimum absolute atomic E-state index is 0.0519. The number of rotatable bonds is 6. The molecular formula is C19H28N6O. The lowest BCUT2D eigenvalue weighted by atomic mass is 9.85. The number of piperidine rings is 1. The summed E-state index contributed by atoms with van der Waals surface area (Å²) in [5.74, 6) is 2.26. The van der Waals surface area contributed by atoms with Gasteiger partial charge in [-0.15, -0.1) is 0 Å². The van der Waals surface area contributed by atoms with Crippen LogP contribution in [0, 0.1) is 12.8 Å². The zero-order valence-corrected chi connectivity index (χ0v) is 16.1. The summed E-state index contributed by atoms with van der Waals surface area (Å²) >= 11 is 0. The summed E-state index contributed by atoms with van der Waals surface area (Å²) < 4.78 is 1.80. The van der Waals surface area contributed by atoms with Crippen molar-refractivity contribution in [2.45, 2.75) is 46.1 Å². The monoisotopic (exact) mass is 356 g/mol. The number of nitrogens with one attached hydrogen (secondary N) is 1. The summed E-state index contributed by atoms with van der Waals surface area (Å²) in [5, 5.41) is 7.79. The summed E-state index contributed by atoms with van der Waals surface area (Å²) in [4.78, 5) is 23.4. The molecule has 7 heteroatoms. The van der Waals surface area contributed by atoms with E-state index in [1.807, 2.05) is 44.3 Å². The fraction of sp³-hybridized carbons (Fsp3) is 0.579. The number of anilines is 1. The molecular weight excluding hydrogens is 328 g/mol. The molecule has 2 aromatic rings. The second-order valence-electron chi connectivity index (χ2n) is 6.92. The van der Waals surface area contributed by atoms with Gasteiger partial charge in [0, 0.05) is 62.4 Å². The molecule has 3 heterocycles. The van der Waals surface area contributed by atoms with Gasteiger partial charge in [-0.2, -0.15) is 5.10 Å². The Labute approximate surface area is 154 Å². The third-order valence-corrected chi connectivity index (χ3v) is 5.00. The van der Waals surface area contributed by atoms with Crippen LogP contribution in [0.4, 0.5) is 5.82 Å². The Morgan fingerprint density at radius 3 is 2.77 bits per heavy atom. The van der Waals surface area contributed by atoms with Crippen molar-refractivity contribution < 1.29 is 4.79 Å². The van der Waals surface area contributed by atoms with E-state index in [1.54, 1.807) is 4.68 Å². The predicted molar refractivity (Wildman–Crippen MR) is 101 cm³/mol. The molecule has 1 fully saturated rings. The largest absolute Gasteiger partial charge is 0.370 e. The second kappa shape index (κ2) is 7.85. The summed E-state index contributed by atoms with van der Waals surface area (Å²) in [7, 11) is 1.91. The number of hydrogen-bond donors (Lipinski definition) is 1. The van der Waals surface area contributed by atoms with Gasteiger partial charge in [-0.1, -0.05) is 6.92 Å². The Bertz CT molecular complexity index is 771. The minimum atomic E-state index is 0.0519. The highest BCUT2D eigenvalue weighted by atomic mass is 16.2. The van der Waals surface area contributed by atoms with Crippen molar-refractivity contribution in [2.24, 2.45) is 13.0 Å². The zero-order valence-electron chi connectivity index (χ0n) is 16.1. The summed E-state index contributed by atoms with van der Waals surface area (Å²) in [6.45, 7) is 7.56. The molecule has 0 spiro atoms. The molecule has 0 saturated carbocycles. The molecule has 0 aromatic carbocycles. The number of carbonyl (C=O) groups is 1. The maximum atomic E-state index is 12.4. The molecule has 1 aliphatic heterocycles. The number of likely N-dealkylation sites (tertiary alicyclic amines) is 1. The molecule has 1 amide bonds. The van der Waals surface area contributed by atoms with Gasteiger partial charge in [0.2, 0.25) is 5.91 Å². The van der Waals surface area contributed by atoms with Crippen LogP contribution in [0.2, 0.25) is 0 Å². The normalized spacial score (nSPS) is 20.5. The molecule has 0 radical (unpaired) electrons. The Kier molecular flexibility index (Phi) is 5.54. The summed E-state index contributed by atoms with van der Waals surface area (Å²) in [5.41, 5.74) is 2.07. The Morgan fingerprint density at radius 1 is 1.31 bits per heavy atom. The number of aromatic nitrogens is 4. The fourth-order valence-corrected chi connectivity index (χ4v) is 3.77. The quantitative estimate of drug-likeness (QED) is 0.860. The highest BCUT2D eigenvalue weighted by Crippen LogP contribution is 2.36. The predicted octanol–water partition coefficient (Wildman–Crippen LogP) is 2.49. The van der Waals surface area contributed by atoms with Crippen LogP contribution >= 0.6 is 0 Å². The van der Waals surface area contributed by atoms with E-state index in [2.05, 4.69) is 27.3 Å². The van der Waals surface area contributed by atoms with Crippen molar-refractivity contribution in [3.05, 3.63) is 35.5 Å². The smallest absolute Gasteiger partial charge is 0.223 e. The molecule has 140 valence electrons. The van der Waals surface area contributed by atoms with Crippen molar-refractivity contribution in [2.75, 3.05) is 18.4 Å². The zero-order chi connectivity index (χ0) is 18.7. The lowest BCUT2D eigenvalue weighted by Gasteiger charge is -2.40. The van der Waals surface area contributed by atoms with Gasteiger partial charge >= 0.3 is 0 Å². The molecule has 3 rings (SSSR count). The van der Waals surface area contributed by atoms with Crippen molar-refractivity contribution in [3.8, 4) is 0 Å². The number of aryl methyl sites for hydroxylation is 3. The molecule has 7 nitrogen and oxygen atoms in total. The van der Waals surface area contributed by atoms with E-state index in [1.165, 1.54) is 0 Å². The lowest BCUT2D eigenvalue weighted by molar-refractivity contribution is -0.138. The molecule has 0 unspecified atom stereocenters. The SMILES string of the molecule is CCc1nc(C)cc(NC[C@H]2CCC(=O)N(CC)[C@@H]2c2cnn(C)c2)n1. The van der Waals surface area contributed by atoms with Crippen molar-refractivity contribution >= 4 is 11.7 Å². The van der Waals surface area contributed by atoms with Gasteiger partial charge in [0.1, 0.15) is 11.6 Å². The third-order valence-electron chi connectivity index (χ3n) is 5.00. The van der Waals surface area contributed by atoms with Gasteiger partial charge < -0.3 is 10.2 Å². The van der Waals surface area contributed by atoms with E-state index in [0.29, 0.717) is 18.9 Å². The van der Waals surface area contributed by atoms with E-state index in [-0.39, 0.29) is 11.9 Å². The van der Waals surface area contributed by atoms with E-state index in [0.717, 1.165) is 42.3 Å². The van der Waals surface area contributed by atoms with Crippen molar-refractivity contribution in [3.63, 3.8) is 0 Å². The maximum absolute atomic E-state index is 12.4. The fourth-order valence-electron chi connectivity index (χ4n) is 3.77. The average molecular weight is 356 g/mol. The van der Waals surface area contributed by atoms with Crippen LogP contribution in [0.3, 0.4) is 0 Å². The molecule has 2 atom stereocenters. The van der Waals surface area contributed by atoms with Gasteiger partial charge in [0.15, 0.2) is 0 Å². The van der Waals surface area contributed by atoms with Crippen molar-refractivity contribution in [1.29, 1.82) is 0 Å². The minimum Gasteiger partial charge on any atom is -0.370 e. The van der Waals surface area contributed by atoms with Gasteiger partial charge in [0.05, 0.1) is 12.2 Å². The van der Waals surface area contributed by atoms with E-state index in [9.17, 15) is 4.79 Å². The Hall–Kier alpha value is -2.44. The highest BCUT2D eigenvalue weighted by molar-refractivity contribution is 5.77. The van der Waals surface area contributed by atoms with E-state index >= 15 is 0 Å². The first-order valence-corrected chi connectivity index (χ1v) is 9.38. The van der Waals surface area contributed by atoms with Gasteiger partial charge in [-0.3, -0.25) is 9.48 Å². The van der Waals surface area contributed by atoms with Gasteiger partial charge in [0.25, 0.3) is 0 Å². The third kappa shape index (κ3) is 3.86. The Balaban J connectivity index is 1.80. The van der Waals surface area contributed by atoms with E-state index < -0.39 is 0 Å². The van der Waals surface area contributed by atoms with Crippen LogP contribution in [0.5, 0.6) is 0 Å². The van der Waals surface area contributed by atoms with Crippen LogP contribution in [0.25, 0.3) is 0 Å². The summed E-state index contributed by atoms with van der Waals surface area (Å²) in [6, 6.07) is 2.03. The lowest BCUT2D eigenvalue weighted by Crippen LogP contribution is -2.44. The van der Waals surface area contributed by atoms with Crippen LogP contribution in [0.1, 0.15) is 49.8 Å². The molecule has 1 aliphatic rings. The maximum Gasteiger partial charge on any atom is 0.223 e. The van der Waals surface area contributed by atoms with Crippen LogP contribution in [0.15, 0.2) is 18.5 Å². The number of amides is 1. The first-order valence-electron chi connectivity index (χ1n) is 9.38.